The number of carbonyl (C=O) groups excluding carboxylic acids is 1. The molecule has 0 heterocycles. The van der Waals surface area contributed by atoms with Crippen molar-refractivity contribution in [3.63, 3.8) is 0 Å². The summed E-state index contributed by atoms with van der Waals surface area (Å²) >= 11 is 5.85. The van der Waals surface area contributed by atoms with Crippen LogP contribution in [-0.4, -0.2) is 12.5 Å². The second kappa shape index (κ2) is 6.82. The molecule has 5 heteroatoms. The first-order chi connectivity index (χ1) is 9.65. The van der Waals surface area contributed by atoms with E-state index in [2.05, 4.69) is 10.9 Å². The summed E-state index contributed by atoms with van der Waals surface area (Å²) in [7, 11) is 0. The molecule has 0 radical (unpaired) electrons. The van der Waals surface area contributed by atoms with Crippen molar-refractivity contribution in [2.45, 2.75) is 6.92 Å². The number of rotatable bonds is 5. The third-order valence-corrected chi connectivity index (χ3v) is 2.85. The molecule has 2 N–H and O–H groups in total. The largest absolute Gasteiger partial charge is 0.483 e. The van der Waals surface area contributed by atoms with Crippen LogP contribution in [-0.2, 0) is 4.79 Å². The number of halogens is 1. The lowest BCUT2D eigenvalue weighted by atomic mass is 10.2. The lowest BCUT2D eigenvalue weighted by Gasteiger charge is -2.11. The van der Waals surface area contributed by atoms with Crippen LogP contribution in [0.5, 0.6) is 5.75 Å². The predicted molar refractivity (Wildman–Crippen MR) is 79.9 cm³/mol. The van der Waals surface area contributed by atoms with E-state index in [1.165, 1.54) is 0 Å². The third kappa shape index (κ3) is 4.17. The quantitative estimate of drug-likeness (QED) is 0.832. The molecule has 4 nitrogen and oxygen atoms in total. The summed E-state index contributed by atoms with van der Waals surface area (Å²) in [5, 5.41) is 0.644. The van der Waals surface area contributed by atoms with E-state index < -0.39 is 0 Å². The first-order valence-corrected chi connectivity index (χ1v) is 6.52. The highest BCUT2D eigenvalue weighted by Crippen LogP contribution is 2.21. The van der Waals surface area contributed by atoms with Crippen LogP contribution in [0.25, 0.3) is 0 Å². The highest BCUT2D eigenvalue weighted by Gasteiger charge is 2.05. The van der Waals surface area contributed by atoms with Gasteiger partial charge in [-0.25, -0.2) is 0 Å². The zero-order chi connectivity index (χ0) is 14.4. The number of hydrogen-bond donors (Lipinski definition) is 2. The third-order valence-electron chi connectivity index (χ3n) is 2.62. The molecule has 0 saturated carbocycles. The number of hydrogen-bond acceptors (Lipinski definition) is 3. The van der Waals surface area contributed by atoms with Crippen LogP contribution in [0, 0.1) is 6.92 Å². The fraction of sp³-hybridized carbons (Fsp3) is 0.133. The van der Waals surface area contributed by atoms with E-state index in [1.54, 1.807) is 18.2 Å². The molecular weight excluding hydrogens is 276 g/mol. The molecule has 104 valence electrons. The molecule has 0 fully saturated rings. The molecule has 0 aliphatic rings. The fourth-order valence-electron chi connectivity index (χ4n) is 1.62. The molecule has 0 atom stereocenters. The second-order valence-electron chi connectivity index (χ2n) is 4.24. The molecule has 2 aromatic rings. The average Bonchev–Trinajstić information content (AvgIpc) is 2.45. The van der Waals surface area contributed by atoms with Gasteiger partial charge in [-0.3, -0.25) is 15.6 Å². The SMILES string of the molecule is Cc1cc(Cl)ccc1OCC(=O)NNc1ccccc1. The summed E-state index contributed by atoms with van der Waals surface area (Å²) in [5.74, 6) is 0.382. The van der Waals surface area contributed by atoms with Gasteiger partial charge in [0.1, 0.15) is 5.75 Å². The van der Waals surface area contributed by atoms with Gasteiger partial charge in [0.15, 0.2) is 6.61 Å². The highest BCUT2D eigenvalue weighted by molar-refractivity contribution is 6.30. The van der Waals surface area contributed by atoms with E-state index in [4.69, 9.17) is 16.3 Å². The van der Waals surface area contributed by atoms with Gasteiger partial charge in [0.25, 0.3) is 5.91 Å². The Labute approximate surface area is 122 Å². The van der Waals surface area contributed by atoms with Crippen molar-refractivity contribution in [2.75, 3.05) is 12.0 Å². The van der Waals surface area contributed by atoms with Gasteiger partial charge in [-0.1, -0.05) is 29.8 Å². The first-order valence-electron chi connectivity index (χ1n) is 6.14. The number of ether oxygens (including phenoxy) is 1. The van der Waals surface area contributed by atoms with E-state index in [-0.39, 0.29) is 12.5 Å². The molecular formula is C15H15ClN2O2. The van der Waals surface area contributed by atoms with Gasteiger partial charge in [-0.05, 0) is 42.8 Å². The van der Waals surface area contributed by atoms with Gasteiger partial charge in [-0.15, -0.1) is 0 Å². The molecule has 20 heavy (non-hydrogen) atoms. The molecule has 1 amide bonds. The minimum Gasteiger partial charge on any atom is -0.483 e. The zero-order valence-electron chi connectivity index (χ0n) is 11.0. The number of benzene rings is 2. The average molecular weight is 291 g/mol. The summed E-state index contributed by atoms with van der Waals surface area (Å²) in [6, 6.07) is 14.6. The van der Waals surface area contributed by atoms with E-state index in [1.807, 2.05) is 37.3 Å². The van der Waals surface area contributed by atoms with Crippen molar-refractivity contribution in [1.29, 1.82) is 0 Å². The van der Waals surface area contributed by atoms with Crippen molar-refractivity contribution in [3.8, 4) is 5.75 Å². The fourth-order valence-corrected chi connectivity index (χ4v) is 1.84. The van der Waals surface area contributed by atoms with Gasteiger partial charge >= 0.3 is 0 Å². The number of hydrazine groups is 1. The van der Waals surface area contributed by atoms with Crippen LogP contribution in [0.4, 0.5) is 5.69 Å². The number of anilines is 1. The lowest BCUT2D eigenvalue weighted by molar-refractivity contribution is -0.122. The van der Waals surface area contributed by atoms with Crippen LogP contribution in [0.15, 0.2) is 48.5 Å². The van der Waals surface area contributed by atoms with E-state index >= 15 is 0 Å². The van der Waals surface area contributed by atoms with Crippen molar-refractivity contribution in [3.05, 3.63) is 59.1 Å². The van der Waals surface area contributed by atoms with Gasteiger partial charge in [0.05, 0.1) is 5.69 Å². The molecule has 0 aliphatic heterocycles. The Kier molecular flexibility index (Phi) is 4.85. The van der Waals surface area contributed by atoms with Crippen LogP contribution >= 0.6 is 11.6 Å². The maximum Gasteiger partial charge on any atom is 0.276 e. The maximum absolute atomic E-state index is 11.6. The Morgan fingerprint density at radius 3 is 2.65 bits per heavy atom. The molecule has 0 aromatic heterocycles. The molecule has 0 saturated heterocycles. The minimum absolute atomic E-state index is 0.0672. The van der Waals surface area contributed by atoms with Gasteiger partial charge in [0, 0.05) is 5.02 Å². The predicted octanol–water partition coefficient (Wildman–Crippen LogP) is 3.17. The van der Waals surface area contributed by atoms with Gasteiger partial charge in [-0.2, -0.15) is 0 Å². The zero-order valence-corrected chi connectivity index (χ0v) is 11.8. The van der Waals surface area contributed by atoms with Crippen molar-refractivity contribution in [2.24, 2.45) is 0 Å². The van der Waals surface area contributed by atoms with E-state index in [0.717, 1.165) is 11.3 Å². The number of aryl methyl sites for hydroxylation is 1. The van der Waals surface area contributed by atoms with Crippen molar-refractivity contribution < 1.29 is 9.53 Å². The van der Waals surface area contributed by atoms with Crippen molar-refractivity contribution in [1.82, 2.24) is 5.43 Å². The van der Waals surface area contributed by atoms with Crippen molar-refractivity contribution >= 4 is 23.2 Å². The maximum atomic E-state index is 11.6. The topological polar surface area (TPSA) is 50.4 Å². The summed E-state index contributed by atoms with van der Waals surface area (Å²) in [5.41, 5.74) is 7.06. The molecule has 2 aromatic carbocycles. The standard InChI is InChI=1S/C15H15ClN2O2/c1-11-9-12(16)7-8-14(11)20-10-15(19)18-17-13-5-3-2-4-6-13/h2-9,17H,10H2,1H3,(H,18,19). The van der Waals surface area contributed by atoms with E-state index in [9.17, 15) is 4.79 Å². The highest BCUT2D eigenvalue weighted by atomic mass is 35.5. The second-order valence-corrected chi connectivity index (χ2v) is 4.67. The lowest BCUT2D eigenvalue weighted by Crippen LogP contribution is -2.33. The van der Waals surface area contributed by atoms with E-state index in [0.29, 0.717) is 10.8 Å². The Morgan fingerprint density at radius 2 is 1.95 bits per heavy atom. The van der Waals surface area contributed by atoms with Gasteiger partial charge in [0.2, 0.25) is 0 Å². The monoisotopic (exact) mass is 290 g/mol. The van der Waals surface area contributed by atoms with Crippen LogP contribution < -0.4 is 15.6 Å². The molecule has 0 bridgehead atoms. The number of para-hydroxylation sites is 1. The molecule has 0 aliphatic carbocycles. The number of amides is 1. The Morgan fingerprint density at radius 1 is 1.20 bits per heavy atom. The molecule has 2 rings (SSSR count). The minimum atomic E-state index is -0.261. The number of carbonyl (C=O) groups is 1. The summed E-state index contributed by atoms with van der Waals surface area (Å²) < 4.78 is 5.43. The summed E-state index contributed by atoms with van der Waals surface area (Å²) in [6.07, 6.45) is 0. The normalized spacial score (nSPS) is 9.90. The smallest absolute Gasteiger partial charge is 0.276 e. The Bertz CT molecular complexity index is 588. The first kappa shape index (κ1) is 14.2. The number of nitrogens with one attached hydrogen (secondary N) is 2. The van der Waals surface area contributed by atoms with Crippen LogP contribution in [0.3, 0.4) is 0 Å². The molecule has 0 spiro atoms. The Balaban J connectivity index is 1.80. The van der Waals surface area contributed by atoms with Crippen LogP contribution in [0.1, 0.15) is 5.56 Å². The summed E-state index contributed by atoms with van der Waals surface area (Å²) in [6.45, 7) is 1.81. The molecule has 0 unspecified atom stereocenters. The van der Waals surface area contributed by atoms with Gasteiger partial charge < -0.3 is 4.74 Å². The van der Waals surface area contributed by atoms with Crippen LogP contribution in [0.2, 0.25) is 5.02 Å². The summed E-state index contributed by atoms with van der Waals surface area (Å²) in [4.78, 5) is 11.6. The Hall–Kier alpha value is -2.20.